The van der Waals surface area contributed by atoms with Crippen molar-refractivity contribution in [2.75, 3.05) is 38.7 Å². The molecule has 34 heavy (non-hydrogen) atoms. The first-order valence-corrected chi connectivity index (χ1v) is 11.1. The molecule has 0 saturated carbocycles. The molecule has 5 heterocycles. The fourth-order valence-corrected chi connectivity index (χ4v) is 4.69. The molecule has 2 N–H and O–H groups in total. The lowest BCUT2D eigenvalue weighted by atomic mass is 9.99. The Morgan fingerprint density at radius 2 is 1.88 bits per heavy atom. The number of nitrogens with zero attached hydrogens (tertiary/aromatic N) is 7. The van der Waals surface area contributed by atoms with Crippen molar-refractivity contribution < 1.29 is 14.3 Å². The molecule has 0 spiro atoms. The van der Waals surface area contributed by atoms with Gasteiger partial charge in [-0.1, -0.05) is 0 Å². The maximum Gasteiger partial charge on any atom is 0.324 e. The topological polar surface area (TPSA) is 131 Å². The molecule has 2 aliphatic rings. The number of carbonyl (C=O) groups excluding carboxylic acids is 2. The third kappa shape index (κ3) is 3.98. The lowest BCUT2D eigenvalue weighted by Crippen LogP contribution is -2.54. The van der Waals surface area contributed by atoms with E-state index in [-0.39, 0.29) is 30.5 Å². The number of primary amides is 1. The minimum absolute atomic E-state index is 0.0153. The van der Waals surface area contributed by atoms with E-state index in [2.05, 4.69) is 15.0 Å². The second-order valence-electron chi connectivity index (χ2n) is 8.64. The molecule has 0 bridgehead atoms. The summed E-state index contributed by atoms with van der Waals surface area (Å²) in [5, 5.41) is 0. The Balaban J connectivity index is 1.55. The van der Waals surface area contributed by atoms with Gasteiger partial charge in [-0.3, -0.25) is 19.6 Å². The number of methoxy groups -OCH3 is 1. The number of likely N-dealkylation sites (tertiary alicyclic amines) is 1. The summed E-state index contributed by atoms with van der Waals surface area (Å²) in [5.74, 6) is -0.339. The van der Waals surface area contributed by atoms with E-state index in [0.29, 0.717) is 36.4 Å². The van der Waals surface area contributed by atoms with Gasteiger partial charge in [0.1, 0.15) is 5.52 Å². The van der Waals surface area contributed by atoms with Gasteiger partial charge in [0.05, 0.1) is 37.1 Å². The van der Waals surface area contributed by atoms with Crippen molar-refractivity contribution in [3.63, 3.8) is 0 Å². The first kappa shape index (κ1) is 22.0. The lowest BCUT2D eigenvalue weighted by molar-refractivity contribution is -0.119. The van der Waals surface area contributed by atoms with Gasteiger partial charge in [-0.2, -0.15) is 0 Å². The number of fused-ring (bicyclic) bond motifs is 3. The molecule has 5 rings (SSSR count). The summed E-state index contributed by atoms with van der Waals surface area (Å²) in [5.41, 5.74) is 9.93. The van der Waals surface area contributed by atoms with Gasteiger partial charge in [0.15, 0.2) is 0 Å². The molecule has 3 amide bonds. The number of hydrogen-bond donors (Lipinski definition) is 1. The molecule has 2 aliphatic heterocycles. The standard InChI is InChI=1S/C23H26N8O3/c1-29-12-15-11-25-18-4-3-17(14-9-26-22(34-2)27-10-14)28-20(18)21(15)31(23(29)33)16-5-7-30(8-6-16)13-19(24)32/h3-4,9-11,16H,5-8,12-13H2,1-2H3,(H2,24,32). The lowest BCUT2D eigenvalue weighted by Gasteiger charge is -2.43. The minimum Gasteiger partial charge on any atom is -0.467 e. The number of ether oxygens (including phenoxy) is 1. The van der Waals surface area contributed by atoms with Crippen molar-refractivity contribution in [1.29, 1.82) is 0 Å². The van der Waals surface area contributed by atoms with E-state index < -0.39 is 0 Å². The predicted octanol–water partition coefficient (Wildman–Crippen LogP) is 1.42. The average Bonchev–Trinajstić information content (AvgIpc) is 2.85. The zero-order valence-corrected chi connectivity index (χ0v) is 19.1. The molecule has 3 aromatic heterocycles. The number of carbonyl (C=O) groups is 2. The van der Waals surface area contributed by atoms with Crippen LogP contribution in [0, 0.1) is 0 Å². The zero-order valence-electron chi connectivity index (χ0n) is 19.1. The molecule has 0 atom stereocenters. The molecular weight excluding hydrogens is 436 g/mol. The van der Waals surface area contributed by atoms with Crippen molar-refractivity contribution in [3.8, 4) is 17.3 Å². The number of rotatable bonds is 5. The van der Waals surface area contributed by atoms with Crippen molar-refractivity contribution in [2.24, 2.45) is 5.73 Å². The van der Waals surface area contributed by atoms with Crippen molar-refractivity contribution in [3.05, 3.63) is 36.3 Å². The number of nitrogens with two attached hydrogens (primary N) is 1. The summed E-state index contributed by atoms with van der Waals surface area (Å²) in [6, 6.07) is 3.98. The molecule has 0 aliphatic carbocycles. The van der Waals surface area contributed by atoms with Gasteiger partial charge in [-0.05, 0) is 25.0 Å². The highest BCUT2D eigenvalue weighted by Crippen LogP contribution is 2.37. The molecular formula is C23H26N8O3. The van der Waals surface area contributed by atoms with Gasteiger partial charge in [0.25, 0.3) is 0 Å². The highest BCUT2D eigenvalue weighted by atomic mass is 16.5. The van der Waals surface area contributed by atoms with E-state index in [4.69, 9.17) is 15.5 Å². The Morgan fingerprint density at radius 1 is 1.15 bits per heavy atom. The molecule has 11 heteroatoms. The van der Waals surface area contributed by atoms with Crippen LogP contribution in [0.2, 0.25) is 0 Å². The van der Waals surface area contributed by atoms with Crippen LogP contribution in [0.25, 0.3) is 22.3 Å². The zero-order chi connectivity index (χ0) is 23.8. The predicted molar refractivity (Wildman–Crippen MR) is 125 cm³/mol. The fourth-order valence-electron chi connectivity index (χ4n) is 4.69. The van der Waals surface area contributed by atoms with Gasteiger partial charge < -0.3 is 15.4 Å². The van der Waals surface area contributed by atoms with Crippen LogP contribution in [-0.2, 0) is 11.3 Å². The summed E-state index contributed by atoms with van der Waals surface area (Å²) in [7, 11) is 3.31. The summed E-state index contributed by atoms with van der Waals surface area (Å²) < 4.78 is 5.05. The van der Waals surface area contributed by atoms with Crippen LogP contribution in [0.15, 0.2) is 30.7 Å². The number of amides is 3. The Kier molecular flexibility index (Phi) is 5.70. The molecule has 3 aromatic rings. The molecule has 0 unspecified atom stereocenters. The first-order valence-electron chi connectivity index (χ1n) is 11.1. The van der Waals surface area contributed by atoms with Gasteiger partial charge >= 0.3 is 12.0 Å². The third-order valence-corrected chi connectivity index (χ3v) is 6.35. The van der Waals surface area contributed by atoms with E-state index in [9.17, 15) is 9.59 Å². The van der Waals surface area contributed by atoms with Crippen LogP contribution < -0.4 is 15.4 Å². The number of piperidine rings is 1. The van der Waals surface area contributed by atoms with Crippen LogP contribution in [-0.4, -0.2) is 81.5 Å². The minimum atomic E-state index is -0.339. The Bertz CT molecular complexity index is 1240. The molecule has 176 valence electrons. The largest absolute Gasteiger partial charge is 0.467 e. The van der Waals surface area contributed by atoms with Crippen molar-refractivity contribution >= 4 is 28.7 Å². The number of anilines is 1. The van der Waals surface area contributed by atoms with Crippen LogP contribution in [0.1, 0.15) is 18.4 Å². The summed E-state index contributed by atoms with van der Waals surface area (Å²) in [6.45, 7) is 2.09. The molecule has 0 aromatic carbocycles. The van der Waals surface area contributed by atoms with E-state index >= 15 is 0 Å². The maximum atomic E-state index is 13.4. The van der Waals surface area contributed by atoms with E-state index in [1.165, 1.54) is 7.11 Å². The smallest absolute Gasteiger partial charge is 0.324 e. The van der Waals surface area contributed by atoms with Gasteiger partial charge in [-0.25, -0.2) is 19.7 Å². The van der Waals surface area contributed by atoms with Crippen LogP contribution in [0.3, 0.4) is 0 Å². The average molecular weight is 463 g/mol. The number of pyridine rings is 2. The van der Waals surface area contributed by atoms with Crippen molar-refractivity contribution in [2.45, 2.75) is 25.4 Å². The van der Waals surface area contributed by atoms with Gasteiger partial charge in [0.2, 0.25) is 5.91 Å². The molecule has 0 radical (unpaired) electrons. The highest BCUT2D eigenvalue weighted by Gasteiger charge is 2.37. The SMILES string of the molecule is COc1ncc(-c2ccc3ncc4c(c3n2)N(C2CCN(CC(N)=O)CC2)C(=O)N(C)C4)cn1. The Hall–Kier alpha value is -3.86. The summed E-state index contributed by atoms with van der Waals surface area (Å²) in [6.07, 6.45) is 6.62. The van der Waals surface area contributed by atoms with Crippen LogP contribution in [0.4, 0.5) is 10.5 Å². The van der Waals surface area contributed by atoms with E-state index in [0.717, 1.165) is 29.7 Å². The molecule has 1 fully saturated rings. The highest BCUT2D eigenvalue weighted by molar-refractivity contribution is 6.04. The second-order valence-corrected chi connectivity index (χ2v) is 8.64. The Labute approximate surface area is 196 Å². The number of hydrogen-bond acceptors (Lipinski definition) is 8. The van der Waals surface area contributed by atoms with E-state index in [1.54, 1.807) is 24.3 Å². The summed E-state index contributed by atoms with van der Waals surface area (Å²) in [4.78, 5) is 48.2. The molecule has 1 saturated heterocycles. The second kappa shape index (κ2) is 8.82. The van der Waals surface area contributed by atoms with E-state index in [1.807, 2.05) is 28.1 Å². The fraction of sp³-hybridized carbons (Fsp3) is 0.391. The number of urea groups is 1. The first-order chi connectivity index (χ1) is 16.4. The summed E-state index contributed by atoms with van der Waals surface area (Å²) >= 11 is 0. The Morgan fingerprint density at radius 3 is 2.56 bits per heavy atom. The maximum absolute atomic E-state index is 13.4. The van der Waals surface area contributed by atoms with Gasteiger partial charge in [0, 0.05) is 55.9 Å². The third-order valence-electron chi connectivity index (χ3n) is 6.35. The normalized spacial score (nSPS) is 17.2. The van der Waals surface area contributed by atoms with Gasteiger partial charge in [-0.15, -0.1) is 0 Å². The monoisotopic (exact) mass is 462 g/mol. The molecule has 11 nitrogen and oxygen atoms in total. The van der Waals surface area contributed by atoms with Crippen LogP contribution >= 0.6 is 0 Å². The van der Waals surface area contributed by atoms with Crippen molar-refractivity contribution in [1.82, 2.24) is 29.7 Å². The van der Waals surface area contributed by atoms with Crippen LogP contribution in [0.5, 0.6) is 6.01 Å². The number of aromatic nitrogens is 4. The quantitative estimate of drug-likeness (QED) is 0.602.